The molecule has 3 fully saturated rings. The molecule has 102 valence electrons. The monoisotopic (exact) mass is 254 g/mol. The second-order valence-corrected chi connectivity index (χ2v) is 5.43. The summed E-state index contributed by atoms with van der Waals surface area (Å²) in [5, 5.41) is 3.26. The highest BCUT2D eigenvalue weighted by Crippen LogP contribution is 2.22. The van der Waals surface area contributed by atoms with Crippen LogP contribution >= 0.6 is 0 Å². The fraction of sp³-hybridized carbons (Fsp3) is 0.923. The Morgan fingerprint density at radius 3 is 2.78 bits per heavy atom. The van der Waals surface area contributed by atoms with E-state index in [0.29, 0.717) is 19.1 Å². The number of hydrogen-bond donors (Lipinski definition) is 1. The second-order valence-electron chi connectivity index (χ2n) is 5.43. The van der Waals surface area contributed by atoms with Gasteiger partial charge in [-0.25, -0.2) is 0 Å². The highest BCUT2D eigenvalue weighted by molar-refractivity contribution is 5.79. The molecule has 1 N–H and O–H groups in total. The van der Waals surface area contributed by atoms with Crippen molar-refractivity contribution < 1.29 is 14.3 Å². The van der Waals surface area contributed by atoms with Gasteiger partial charge in [0.15, 0.2) is 0 Å². The van der Waals surface area contributed by atoms with Crippen LogP contribution < -0.4 is 5.32 Å². The molecular weight excluding hydrogens is 232 g/mol. The molecule has 3 rings (SSSR count). The topological polar surface area (TPSA) is 50.8 Å². The predicted molar refractivity (Wildman–Crippen MR) is 66.3 cm³/mol. The van der Waals surface area contributed by atoms with Crippen LogP contribution in [-0.4, -0.2) is 62.4 Å². The van der Waals surface area contributed by atoms with Crippen LogP contribution in [0.2, 0.25) is 0 Å². The van der Waals surface area contributed by atoms with Crippen LogP contribution in [0.25, 0.3) is 0 Å². The minimum atomic E-state index is 0.0829. The first-order valence-electron chi connectivity index (χ1n) is 7.07. The Balaban J connectivity index is 1.57. The van der Waals surface area contributed by atoms with Crippen molar-refractivity contribution in [1.29, 1.82) is 0 Å². The molecule has 0 aromatic heterocycles. The van der Waals surface area contributed by atoms with Crippen molar-refractivity contribution in [3.05, 3.63) is 0 Å². The lowest BCUT2D eigenvalue weighted by atomic mass is 10.0. The minimum Gasteiger partial charge on any atom is -0.375 e. The summed E-state index contributed by atoms with van der Waals surface area (Å²) >= 11 is 0. The summed E-state index contributed by atoms with van der Waals surface area (Å²) in [7, 11) is 0. The summed E-state index contributed by atoms with van der Waals surface area (Å²) in [5.74, 6) is 0.472. The van der Waals surface area contributed by atoms with Gasteiger partial charge in [0, 0.05) is 26.2 Å². The number of ether oxygens (including phenoxy) is 2. The van der Waals surface area contributed by atoms with E-state index in [-0.39, 0.29) is 18.1 Å². The number of carbonyl (C=O) groups excluding carboxylic acids is 1. The van der Waals surface area contributed by atoms with Crippen molar-refractivity contribution in [2.24, 2.45) is 5.92 Å². The van der Waals surface area contributed by atoms with Gasteiger partial charge in [-0.1, -0.05) is 0 Å². The summed E-state index contributed by atoms with van der Waals surface area (Å²) in [4.78, 5) is 14.3. The van der Waals surface area contributed by atoms with E-state index in [1.54, 1.807) is 0 Å². The van der Waals surface area contributed by atoms with E-state index in [1.807, 2.05) is 4.90 Å². The molecule has 0 unspecified atom stereocenters. The van der Waals surface area contributed by atoms with Crippen molar-refractivity contribution in [1.82, 2.24) is 10.2 Å². The molecule has 18 heavy (non-hydrogen) atoms. The standard InChI is InChI=1S/C13H22N2O3/c16-13(10-3-4-14-8-10)15-5-7-18-12(9-15)11-2-1-6-17-11/h10-12,14H,1-9H2/t10-,11+,12-/m1/s1. The molecule has 0 aliphatic carbocycles. The van der Waals surface area contributed by atoms with Crippen LogP contribution in [0.5, 0.6) is 0 Å². The molecule has 0 radical (unpaired) electrons. The predicted octanol–water partition coefficient (Wildman–Crippen LogP) is 0.00230. The first-order valence-corrected chi connectivity index (χ1v) is 7.07. The SMILES string of the molecule is O=C([C@@H]1CCNC1)N1CCO[C@@H]([C@@H]2CCCO2)C1. The largest absolute Gasteiger partial charge is 0.375 e. The smallest absolute Gasteiger partial charge is 0.227 e. The summed E-state index contributed by atoms with van der Waals surface area (Å²) in [6.45, 7) is 4.73. The van der Waals surface area contributed by atoms with Crippen LogP contribution in [0.15, 0.2) is 0 Å². The molecule has 3 atom stereocenters. The zero-order valence-electron chi connectivity index (χ0n) is 10.8. The summed E-state index contributed by atoms with van der Waals surface area (Å²) in [5.41, 5.74) is 0. The van der Waals surface area contributed by atoms with E-state index in [4.69, 9.17) is 9.47 Å². The van der Waals surface area contributed by atoms with Crippen LogP contribution in [0.3, 0.4) is 0 Å². The summed E-state index contributed by atoms with van der Waals surface area (Å²) in [6.07, 6.45) is 3.44. The molecular formula is C13H22N2O3. The molecule has 0 aromatic carbocycles. The summed E-state index contributed by atoms with van der Waals surface area (Å²) in [6, 6.07) is 0. The molecule has 3 aliphatic heterocycles. The molecule has 3 saturated heterocycles. The fourth-order valence-electron chi connectivity index (χ4n) is 3.12. The van der Waals surface area contributed by atoms with Gasteiger partial charge >= 0.3 is 0 Å². The molecule has 3 heterocycles. The van der Waals surface area contributed by atoms with Crippen molar-refractivity contribution >= 4 is 5.91 Å². The van der Waals surface area contributed by atoms with Crippen LogP contribution in [0.4, 0.5) is 0 Å². The van der Waals surface area contributed by atoms with E-state index in [2.05, 4.69) is 5.32 Å². The lowest BCUT2D eigenvalue weighted by Gasteiger charge is -2.36. The Kier molecular flexibility index (Phi) is 3.82. The Labute approximate surface area is 108 Å². The van der Waals surface area contributed by atoms with Crippen molar-refractivity contribution in [2.75, 3.05) is 39.4 Å². The average molecular weight is 254 g/mol. The molecule has 0 bridgehead atoms. The van der Waals surface area contributed by atoms with Crippen LogP contribution in [0, 0.1) is 5.92 Å². The van der Waals surface area contributed by atoms with E-state index in [1.165, 1.54) is 0 Å². The number of morpholine rings is 1. The second kappa shape index (κ2) is 5.55. The Morgan fingerprint density at radius 2 is 2.06 bits per heavy atom. The van der Waals surface area contributed by atoms with Gasteiger partial charge in [-0.15, -0.1) is 0 Å². The number of hydrogen-bond acceptors (Lipinski definition) is 4. The zero-order chi connectivity index (χ0) is 12.4. The van der Waals surface area contributed by atoms with Crippen LogP contribution in [0.1, 0.15) is 19.3 Å². The van der Waals surface area contributed by atoms with Gasteiger partial charge in [-0.3, -0.25) is 4.79 Å². The van der Waals surface area contributed by atoms with Gasteiger partial charge in [-0.2, -0.15) is 0 Å². The maximum Gasteiger partial charge on any atom is 0.227 e. The Morgan fingerprint density at radius 1 is 1.17 bits per heavy atom. The number of nitrogens with zero attached hydrogens (tertiary/aromatic N) is 1. The summed E-state index contributed by atoms with van der Waals surface area (Å²) < 4.78 is 11.4. The van der Waals surface area contributed by atoms with Gasteiger partial charge in [0.2, 0.25) is 5.91 Å². The number of nitrogens with one attached hydrogen (secondary N) is 1. The molecule has 3 aliphatic rings. The maximum absolute atomic E-state index is 12.4. The van der Waals surface area contributed by atoms with Gasteiger partial charge in [-0.05, 0) is 25.8 Å². The third kappa shape index (κ3) is 2.53. The molecule has 1 amide bonds. The first-order chi connectivity index (χ1) is 8.84. The third-order valence-electron chi connectivity index (χ3n) is 4.19. The maximum atomic E-state index is 12.4. The molecule has 0 aromatic rings. The van der Waals surface area contributed by atoms with E-state index < -0.39 is 0 Å². The van der Waals surface area contributed by atoms with Gasteiger partial charge < -0.3 is 19.7 Å². The van der Waals surface area contributed by atoms with Gasteiger partial charge in [0.1, 0.15) is 6.10 Å². The molecule has 5 nitrogen and oxygen atoms in total. The van der Waals surface area contributed by atoms with Crippen molar-refractivity contribution in [3.8, 4) is 0 Å². The molecule has 0 saturated carbocycles. The normalized spacial score (nSPS) is 37.1. The Hall–Kier alpha value is -0.650. The fourth-order valence-corrected chi connectivity index (χ4v) is 3.12. The van der Waals surface area contributed by atoms with E-state index in [0.717, 1.165) is 45.5 Å². The minimum absolute atomic E-state index is 0.0829. The van der Waals surface area contributed by atoms with Crippen molar-refractivity contribution in [3.63, 3.8) is 0 Å². The number of rotatable bonds is 2. The zero-order valence-corrected chi connectivity index (χ0v) is 10.8. The lowest BCUT2D eigenvalue weighted by Crippen LogP contribution is -2.51. The van der Waals surface area contributed by atoms with E-state index in [9.17, 15) is 4.79 Å². The van der Waals surface area contributed by atoms with Gasteiger partial charge in [0.25, 0.3) is 0 Å². The first kappa shape index (κ1) is 12.4. The highest BCUT2D eigenvalue weighted by Gasteiger charge is 2.35. The highest BCUT2D eigenvalue weighted by atomic mass is 16.5. The quantitative estimate of drug-likeness (QED) is 0.754. The molecule has 0 spiro atoms. The van der Waals surface area contributed by atoms with Crippen molar-refractivity contribution in [2.45, 2.75) is 31.5 Å². The van der Waals surface area contributed by atoms with Gasteiger partial charge in [0.05, 0.1) is 18.6 Å². The number of carbonyl (C=O) groups is 1. The number of amides is 1. The van der Waals surface area contributed by atoms with E-state index >= 15 is 0 Å². The van der Waals surface area contributed by atoms with Crippen LogP contribution in [-0.2, 0) is 14.3 Å². The third-order valence-corrected chi connectivity index (χ3v) is 4.19. The lowest BCUT2D eigenvalue weighted by molar-refractivity contribution is -0.148. The Bertz CT molecular complexity index is 299. The average Bonchev–Trinajstić information content (AvgIpc) is 3.11. The molecule has 5 heteroatoms.